The first-order valence-corrected chi connectivity index (χ1v) is 4.38. The highest BCUT2D eigenvalue weighted by Crippen LogP contribution is 2.17. The molecule has 66 valence electrons. The lowest BCUT2D eigenvalue weighted by atomic mass is 9.93. The highest BCUT2D eigenvalue weighted by molar-refractivity contribution is 6.33. The van der Waals surface area contributed by atoms with Crippen molar-refractivity contribution in [3.8, 4) is 0 Å². The second kappa shape index (κ2) is 2.93. The van der Waals surface area contributed by atoms with Crippen molar-refractivity contribution in [3.05, 3.63) is 30.0 Å². The number of hydrogen-bond donors (Lipinski definition) is 1. The van der Waals surface area contributed by atoms with Gasteiger partial charge in [-0.05, 0) is 17.7 Å². The van der Waals surface area contributed by atoms with Gasteiger partial charge in [0.05, 0.1) is 6.61 Å². The summed E-state index contributed by atoms with van der Waals surface area (Å²) >= 11 is 0. The van der Waals surface area contributed by atoms with E-state index in [9.17, 15) is 0 Å². The minimum atomic E-state index is 0.113. The van der Waals surface area contributed by atoms with Crippen LogP contribution in [-0.4, -0.2) is 17.5 Å². The van der Waals surface area contributed by atoms with E-state index in [4.69, 9.17) is 5.11 Å². The van der Waals surface area contributed by atoms with E-state index in [0.717, 1.165) is 10.9 Å². The summed E-state index contributed by atoms with van der Waals surface area (Å²) in [6.07, 6.45) is 2.02. The molecule has 2 rings (SSSR count). The van der Waals surface area contributed by atoms with Gasteiger partial charge in [0.2, 0.25) is 0 Å². The molecule has 0 bridgehead atoms. The van der Waals surface area contributed by atoms with E-state index in [1.54, 1.807) is 0 Å². The standard InChI is InChI=1S/C10H12BNO/c1-12-3-2-9-7(6-13)4-8(11)5-10(9)12/h2-5,13H,6,11H2,1H3. The molecule has 3 heteroatoms. The molecule has 2 aromatic rings. The van der Waals surface area contributed by atoms with E-state index in [1.165, 1.54) is 11.0 Å². The van der Waals surface area contributed by atoms with Crippen molar-refractivity contribution in [2.24, 2.45) is 7.05 Å². The smallest absolute Gasteiger partial charge is 0.139 e. The monoisotopic (exact) mass is 173 g/mol. The predicted octanol–water partition coefficient (Wildman–Crippen LogP) is -0.0710. The normalized spacial score (nSPS) is 10.9. The van der Waals surface area contributed by atoms with Crippen molar-refractivity contribution in [2.75, 3.05) is 0 Å². The molecule has 0 atom stereocenters. The van der Waals surface area contributed by atoms with Crippen LogP contribution in [0.2, 0.25) is 0 Å². The Hall–Kier alpha value is -1.22. The molecule has 1 N–H and O–H groups in total. The van der Waals surface area contributed by atoms with E-state index in [1.807, 2.05) is 33.2 Å². The minimum absolute atomic E-state index is 0.113. The topological polar surface area (TPSA) is 25.2 Å². The SMILES string of the molecule is Bc1cc(CO)c2ccn(C)c2c1. The lowest BCUT2D eigenvalue weighted by Crippen LogP contribution is -2.04. The maximum absolute atomic E-state index is 9.16. The summed E-state index contributed by atoms with van der Waals surface area (Å²) in [5.74, 6) is 0. The molecule has 2 nitrogen and oxygen atoms in total. The van der Waals surface area contributed by atoms with Crippen LogP contribution < -0.4 is 5.46 Å². The Morgan fingerprint density at radius 3 is 2.92 bits per heavy atom. The molecule has 0 aliphatic carbocycles. The molecule has 0 saturated carbocycles. The number of aromatic nitrogens is 1. The zero-order valence-electron chi connectivity index (χ0n) is 7.91. The van der Waals surface area contributed by atoms with Crippen LogP contribution in [0.4, 0.5) is 0 Å². The third-order valence-electron chi connectivity index (χ3n) is 2.40. The zero-order chi connectivity index (χ0) is 9.42. The molecule has 0 aliphatic heterocycles. The average Bonchev–Trinajstić information content (AvgIpc) is 2.47. The molecular weight excluding hydrogens is 161 g/mol. The molecule has 0 radical (unpaired) electrons. The van der Waals surface area contributed by atoms with Gasteiger partial charge >= 0.3 is 0 Å². The van der Waals surface area contributed by atoms with Gasteiger partial charge in [-0.2, -0.15) is 0 Å². The first-order chi connectivity index (χ1) is 6.22. The number of aryl methyl sites for hydroxylation is 1. The highest BCUT2D eigenvalue weighted by atomic mass is 16.3. The van der Waals surface area contributed by atoms with E-state index in [0.29, 0.717) is 0 Å². The lowest BCUT2D eigenvalue weighted by molar-refractivity contribution is 0.283. The number of benzene rings is 1. The van der Waals surface area contributed by atoms with E-state index >= 15 is 0 Å². The zero-order valence-corrected chi connectivity index (χ0v) is 7.91. The van der Waals surface area contributed by atoms with Crippen LogP contribution in [0.25, 0.3) is 10.9 Å². The van der Waals surface area contributed by atoms with Gasteiger partial charge in [0.25, 0.3) is 0 Å². The van der Waals surface area contributed by atoms with Gasteiger partial charge < -0.3 is 9.67 Å². The Balaban J connectivity index is 2.84. The van der Waals surface area contributed by atoms with Crippen LogP contribution in [0.15, 0.2) is 24.4 Å². The van der Waals surface area contributed by atoms with Crippen molar-refractivity contribution in [2.45, 2.75) is 6.61 Å². The second-order valence-electron chi connectivity index (χ2n) is 3.44. The number of hydrogen-bond acceptors (Lipinski definition) is 1. The molecule has 1 aromatic carbocycles. The Labute approximate surface area is 78.2 Å². The molecule has 0 fully saturated rings. The van der Waals surface area contributed by atoms with Crippen molar-refractivity contribution in [1.29, 1.82) is 0 Å². The lowest BCUT2D eigenvalue weighted by Gasteiger charge is -2.03. The summed E-state index contributed by atoms with van der Waals surface area (Å²) in [6, 6.07) is 6.21. The van der Waals surface area contributed by atoms with Crippen molar-refractivity contribution in [1.82, 2.24) is 4.57 Å². The third-order valence-corrected chi connectivity index (χ3v) is 2.40. The van der Waals surface area contributed by atoms with Crippen LogP contribution in [0, 0.1) is 0 Å². The van der Waals surface area contributed by atoms with Gasteiger partial charge in [-0.25, -0.2) is 0 Å². The molecular formula is C10H12BNO. The van der Waals surface area contributed by atoms with Crippen LogP contribution in [0.1, 0.15) is 5.56 Å². The van der Waals surface area contributed by atoms with E-state index in [2.05, 4.69) is 10.6 Å². The van der Waals surface area contributed by atoms with Crippen molar-refractivity contribution < 1.29 is 5.11 Å². The first kappa shape index (κ1) is 8.39. The predicted molar refractivity (Wildman–Crippen MR) is 57.0 cm³/mol. The number of fused-ring (bicyclic) bond motifs is 1. The molecule has 0 amide bonds. The Kier molecular flexibility index (Phi) is 1.89. The van der Waals surface area contributed by atoms with Gasteiger partial charge in [-0.1, -0.05) is 11.5 Å². The van der Waals surface area contributed by atoms with Crippen molar-refractivity contribution >= 4 is 24.2 Å². The van der Waals surface area contributed by atoms with E-state index < -0.39 is 0 Å². The first-order valence-electron chi connectivity index (χ1n) is 4.38. The van der Waals surface area contributed by atoms with Crippen LogP contribution in [-0.2, 0) is 13.7 Å². The van der Waals surface area contributed by atoms with Crippen LogP contribution >= 0.6 is 0 Å². The third kappa shape index (κ3) is 1.25. The minimum Gasteiger partial charge on any atom is -0.392 e. The van der Waals surface area contributed by atoms with Crippen LogP contribution in [0.5, 0.6) is 0 Å². The molecule has 0 unspecified atom stereocenters. The van der Waals surface area contributed by atoms with Gasteiger partial charge in [0, 0.05) is 24.1 Å². The molecule has 0 aliphatic rings. The van der Waals surface area contributed by atoms with Gasteiger partial charge in [0.15, 0.2) is 0 Å². The Morgan fingerprint density at radius 1 is 1.46 bits per heavy atom. The van der Waals surface area contributed by atoms with Gasteiger partial charge in [-0.3, -0.25) is 0 Å². The number of rotatable bonds is 1. The highest BCUT2D eigenvalue weighted by Gasteiger charge is 2.03. The van der Waals surface area contributed by atoms with Gasteiger partial charge in [-0.15, -0.1) is 0 Å². The van der Waals surface area contributed by atoms with Crippen LogP contribution in [0.3, 0.4) is 0 Å². The van der Waals surface area contributed by atoms with Gasteiger partial charge in [0.1, 0.15) is 7.85 Å². The summed E-state index contributed by atoms with van der Waals surface area (Å²) in [5, 5.41) is 10.3. The second-order valence-corrected chi connectivity index (χ2v) is 3.44. The summed E-state index contributed by atoms with van der Waals surface area (Å²) in [7, 11) is 4.06. The summed E-state index contributed by atoms with van der Waals surface area (Å²) in [5.41, 5.74) is 3.39. The van der Waals surface area contributed by atoms with E-state index in [-0.39, 0.29) is 6.61 Å². The molecule has 1 heterocycles. The quantitative estimate of drug-likeness (QED) is 0.600. The average molecular weight is 173 g/mol. The largest absolute Gasteiger partial charge is 0.392 e. The Morgan fingerprint density at radius 2 is 2.23 bits per heavy atom. The maximum Gasteiger partial charge on any atom is 0.139 e. The fourth-order valence-electron chi connectivity index (χ4n) is 1.73. The number of aliphatic hydroxyl groups is 1. The fraction of sp³-hybridized carbons (Fsp3) is 0.200. The fourth-order valence-corrected chi connectivity index (χ4v) is 1.73. The Bertz CT molecular complexity index is 447. The van der Waals surface area contributed by atoms with Crippen molar-refractivity contribution in [3.63, 3.8) is 0 Å². The molecule has 0 spiro atoms. The summed E-state index contributed by atoms with van der Waals surface area (Å²) in [4.78, 5) is 0. The molecule has 0 saturated heterocycles. The molecule has 1 aromatic heterocycles. The summed E-state index contributed by atoms with van der Waals surface area (Å²) < 4.78 is 2.07. The number of aliphatic hydroxyl groups excluding tert-OH is 1. The molecule has 13 heavy (non-hydrogen) atoms. The summed E-state index contributed by atoms with van der Waals surface area (Å²) in [6.45, 7) is 0.113. The maximum atomic E-state index is 9.16. The number of nitrogens with zero attached hydrogens (tertiary/aromatic N) is 1.